The van der Waals surface area contributed by atoms with Crippen LogP contribution in [-0.4, -0.2) is 25.4 Å². The Bertz CT molecular complexity index is 735. The van der Waals surface area contributed by atoms with Gasteiger partial charge in [-0.2, -0.15) is 0 Å². The van der Waals surface area contributed by atoms with Gasteiger partial charge in [0, 0.05) is 16.8 Å². The second-order valence-electron chi connectivity index (χ2n) is 4.48. The minimum absolute atomic E-state index is 0.0305. The van der Waals surface area contributed by atoms with E-state index in [9.17, 15) is 18.0 Å². The SMILES string of the molecule is CC(C(=O)O)=C(C)C(=O)Nc1cccc(S(N)(=O)=O)c1C. The van der Waals surface area contributed by atoms with Crippen molar-refractivity contribution in [1.82, 2.24) is 0 Å². The molecule has 0 saturated heterocycles. The van der Waals surface area contributed by atoms with Crippen molar-refractivity contribution >= 4 is 27.6 Å². The molecule has 8 heteroatoms. The number of carboxylic acid groups (broad SMARTS) is 1. The van der Waals surface area contributed by atoms with Crippen molar-refractivity contribution in [2.24, 2.45) is 5.14 Å². The summed E-state index contributed by atoms with van der Waals surface area (Å²) in [6.45, 7) is 4.18. The van der Waals surface area contributed by atoms with Crippen LogP contribution in [0.1, 0.15) is 19.4 Å². The highest BCUT2D eigenvalue weighted by Gasteiger charge is 2.17. The molecule has 0 aromatic heterocycles. The Labute approximate surface area is 122 Å². The van der Waals surface area contributed by atoms with E-state index in [0.29, 0.717) is 0 Å². The van der Waals surface area contributed by atoms with E-state index in [0.717, 1.165) is 0 Å². The van der Waals surface area contributed by atoms with Crippen molar-refractivity contribution in [3.05, 3.63) is 34.9 Å². The third kappa shape index (κ3) is 3.89. The maximum absolute atomic E-state index is 12.0. The van der Waals surface area contributed by atoms with Crippen molar-refractivity contribution in [3.63, 3.8) is 0 Å². The van der Waals surface area contributed by atoms with Gasteiger partial charge in [0.25, 0.3) is 5.91 Å². The Kier molecular flexibility index (Phi) is 4.87. The van der Waals surface area contributed by atoms with Gasteiger partial charge < -0.3 is 10.4 Å². The standard InChI is InChI=1S/C13H16N2O5S/c1-7(8(2)13(17)18)12(16)15-10-5-4-6-11(9(10)3)21(14,19)20/h4-6H,1-3H3,(H,15,16)(H,17,18)(H2,14,19,20). The number of carbonyl (C=O) groups is 2. The smallest absolute Gasteiger partial charge is 0.331 e. The number of primary sulfonamides is 1. The van der Waals surface area contributed by atoms with Gasteiger partial charge in [-0.15, -0.1) is 0 Å². The third-order valence-corrected chi connectivity index (χ3v) is 4.12. The number of benzene rings is 1. The molecular formula is C13H16N2O5S. The third-order valence-electron chi connectivity index (χ3n) is 3.06. The molecule has 0 atom stereocenters. The van der Waals surface area contributed by atoms with Crippen LogP contribution in [0.4, 0.5) is 5.69 Å². The van der Waals surface area contributed by atoms with Crippen molar-refractivity contribution in [2.45, 2.75) is 25.7 Å². The van der Waals surface area contributed by atoms with Crippen LogP contribution in [0.5, 0.6) is 0 Å². The van der Waals surface area contributed by atoms with E-state index < -0.39 is 21.9 Å². The second kappa shape index (κ2) is 6.06. The van der Waals surface area contributed by atoms with Gasteiger partial charge in [-0.1, -0.05) is 6.07 Å². The van der Waals surface area contributed by atoms with E-state index in [1.165, 1.54) is 39.0 Å². The Morgan fingerprint density at radius 1 is 1.19 bits per heavy atom. The fourth-order valence-electron chi connectivity index (χ4n) is 1.60. The van der Waals surface area contributed by atoms with Gasteiger partial charge in [-0.05, 0) is 38.5 Å². The molecule has 0 spiro atoms. The Hall–Kier alpha value is -2.19. The second-order valence-corrected chi connectivity index (χ2v) is 6.01. The normalized spacial score (nSPS) is 12.6. The van der Waals surface area contributed by atoms with E-state index in [-0.39, 0.29) is 27.3 Å². The number of hydrogen-bond donors (Lipinski definition) is 3. The first-order valence-electron chi connectivity index (χ1n) is 5.90. The molecule has 1 rings (SSSR count). The van der Waals surface area contributed by atoms with E-state index in [4.69, 9.17) is 10.2 Å². The molecule has 7 nitrogen and oxygen atoms in total. The molecule has 4 N–H and O–H groups in total. The lowest BCUT2D eigenvalue weighted by Crippen LogP contribution is -2.19. The molecule has 114 valence electrons. The van der Waals surface area contributed by atoms with E-state index in [1.807, 2.05) is 0 Å². The lowest BCUT2D eigenvalue weighted by Gasteiger charge is -2.12. The van der Waals surface area contributed by atoms with Gasteiger partial charge in [0.2, 0.25) is 10.0 Å². The maximum Gasteiger partial charge on any atom is 0.331 e. The predicted molar refractivity (Wildman–Crippen MR) is 77.2 cm³/mol. The predicted octanol–water partition coefficient (Wildman–Crippen LogP) is 1.00. The number of sulfonamides is 1. The van der Waals surface area contributed by atoms with Gasteiger partial charge in [-0.3, -0.25) is 4.79 Å². The minimum atomic E-state index is -3.90. The average Bonchev–Trinajstić information content (AvgIpc) is 2.37. The first kappa shape index (κ1) is 16.9. The topological polar surface area (TPSA) is 127 Å². The Balaban J connectivity index is 3.20. The largest absolute Gasteiger partial charge is 0.478 e. The molecule has 0 aliphatic rings. The molecular weight excluding hydrogens is 296 g/mol. The van der Waals surface area contributed by atoms with Gasteiger partial charge in [0.15, 0.2) is 0 Å². The molecule has 0 saturated carbocycles. The number of amides is 1. The number of hydrogen-bond acceptors (Lipinski definition) is 4. The number of nitrogens with two attached hydrogens (primary N) is 1. The highest BCUT2D eigenvalue weighted by molar-refractivity contribution is 7.89. The van der Waals surface area contributed by atoms with Crippen molar-refractivity contribution in [2.75, 3.05) is 5.32 Å². The minimum Gasteiger partial charge on any atom is -0.478 e. The average molecular weight is 312 g/mol. The summed E-state index contributed by atoms with van der Waals surface area (Å²) in [4.78, 5) is 22.7. The molecule has 1 aromatic carbocycles. The molecule has 1 aromatic rings. The lowest BCUT2D eigenvalue weighted by molar-refractivity contribution is -0.133. The van der Waals surface area contributed by atoms with Gasteiger partial charge in [0.1, 0.15) is 0 Å². The zero-order valence-corrected chi connectivity index (χ0v) is 12.6. The zero-order valence-electron chi connectivity index (χ0n) is 11.8. The van der Waals surface area contributed by atoms with E-state index in [1.54, 1.807) is 0 Å². The van der Waals surface area contributed by atoms with E-state index >= 15 is 0 Å². The maximum atomic E-state index is 12.0. The van der Waals surface area contributed by atoms with Crippen molar-refractivity contribution in [3.8, 4) is 0 Å². The summed E-state index contributed by atoms with van der Waals surface area (Å²) < 4.78 is 22.8. The number of carbonyl (C=O) groups excluding carboxylic acids is 1. The Morgan fingerprint density at radius 3 is 2.24 bits per heavy atom. The summed E-state index contributed by atoms with van der Waals surface area (Å²) >= 11 is 0. The molecule has 0 radical (unpaired) electrons. The number of anilines is 1. The molecule has 1 amide bonds. The zero-order chi connectivity index (χ0) is 16.4. The highest BCUT2D eigenvalue weighted by Crippen LogP contribution is 2.22. The molecule has 0 aliphatic carbocycles. The first-order valence-corrected chi connectivity index (χ1v) is 7.45. The van der Waals surface area contributed by atoms with Crippen LogP contribution >= 0.6 is 0 Å². The molecule has 0 heterocycles. The van der Waals surface area contributed by atoms with E-state index in [2.05, 4.69) is 5.32 Å². The number of rotatable bonds is 4. The summed E-state index contributed by atoms with van der Waals surface area (Å²) in [7, 11) is -3.90. The van der Waals surface area contributed by atoms with Gasteiger partial charge >= 0.3 is 5.97 Å². The molecule has 0 bridgehead atoms. The molecule has 0 unspecified atom stereocenters. The summed E-state index contributed by atoms with van der Waals surface area (Å²) in [5.41, 5.74) is 0.480. The monoisotopic (exact) mass is 312 g/mol. The lowest BCUT2D eigenvalue weighted by atomic mass is 10.1. The number of carboxylic acids is 1. The molecule has 0 fully saturated rings. The van der Waals surface area contributed by atoms with Gasteiger partial charge in [-0.25, -0.2) is 18.4 Å². The summed E-state index contributed by atoms with van der Waals surface area (Å²) in [6, 6.07) is 4.27. The first-order chi connectivity index (χ1) is 9.55. The fraction of sp³-hybridized carbons (Fsp3) is 0.231. The van der Waals surface area contributed by atoms with Crippen LogP contribution in [0.2, 0.25) is 0 Å². The van der Waals surface area contributed by atoms with Crippen LogP contribution in [0.25, 0.3) is 0 Å². The van der Waals surface area contributed by atoms with Crippen molar-refractivity contribution < 1.29 is 23.1 Å². The van der Waals surface area contributed by atoms with Crippen LogP contribution in [0.3, 0.4) is 0 Å². The van der Waals surface area contributed by atoms with Gasteiger partial charge in [0.05, 0.1) is 4.90 Å². The van der Waals surface area contributed by atoms with Crippen LogP contribution in [-0.2, 0) is 19.6 Å². The highest BCUT2D eigenvalue weighted by atomic mass is 32.2. The van der Waals surface area contributed by atoms with Crippen LogP contribution < -0.4 is 10.5 Å². The van der Waals surface area contributed by atoms with Crippen LogP contribution in [0.15, 0.2) is 34.2 Å². The fourth-order valence-corrected chi connectivity index (χ4v) is 2.41. The molecule has 21 heavy (non-hydrogen) atoms. The summed E-state index contributed by atoms with van der Waals surface area (Å²) in [5.74, 6) is -1.82. The summed E-state index contributed by atoms with van der Waals surface area (Å²) in [6.07, 6.45) is 0. The number of aliphatic carboxylic acids is 1. The molecule has 0 aliphatic heterocycles. The van der Waals surface area contributed by atoms with Crippen molar-refractivity contribution in [1.29, 1.82) is 0 Å². The quantitative estimate of drug-likeness (QED) is 0.715. The number of nitrogens with one attached hydrogen (secondary N) is 1. The summed E-state index contributed by atoms with van der Waals surface area (Å²) in [5, 5.41) is 16.4. The Morgan fingerprint density at radius 2 is 1.76 bits per heavy atom. The van der Waals surface area contributed by atoms with Crippen LogP contribution in [0, 0.1) is 6.92 Å².